The van der Waals surface area contributed by atoms with E-state index in [1.807, 2.05) is 5.06 Å². The molecule has 2 aromatic carbocycles. The summed E-state index contributed by atoms with van der Waals surface area (Å²) in [6.45, 7) is 13.8. The number of likely N-dealkylation sites (N-methyl/N-ethyl adjacent to an activating group) is 1. The number of benzene rings is 2. The maximum atomic E-state index is 6.31. The Balaban J connectivity index is 1.68. The number of hydrogen-bond donors (Lipinski definition) is 0. The van der Waals surface area contributed by atoms with E-state index < -0.39 is 0 Å². The molecule has 1 aliphatic rings. The Bertz CT molecular complexity index is 945. The third kappa shape index (κ3) is 8.39. The van der Waals surface area contributed by atoms with Crippen LogP contribution in [-0.4, -0.2) is 50.4 Å². The smallest absolute Gasteiger partial charge is 0.128 e. The lowest BCUT2D eigenvalue weighted by atomic mass is 9.99. The van der Waals surface area contributed by atoms with Gasteiger partial charge in [-0.3, -0.25) is 4.84 Å². The van der Waals surface area contributed by atoms with Crippen LogP contribution in [-0.2, 0) is 24.5 Å². The molecule has 0 unspecified atom stereocenters. The molecule has 0 atom stereocenters. The Hall–Kier alpha value is -2.28. The number of fused-ring (bicyclic) bond motifs is 1. The molecule has 0 saturated heterocycles. The largest absolute Gasteiger partial charge is 0.493 e. The first-order valence-corrected chi connectivity index (χ1v) is 13.6. The zero-order chi connectivity index (χ0) is 25.9. The minimum atomic E-state index is 0.354. The minimum Gasteiger partial charge on any atom is -0.493 e. The van der Waals surface area contributed by atoms with E-state index in [0.717, 1.165) is 74.7 Å². The number of hydrogen-bond acceptors (Lipinski definition) is 6. The van der Waals surface area contributed by atoms with Crippen LogP contribution in [0.2, 0.25) is 0 Å². The summed E-state index contributed by atoms with van der Waals surface area (Å²) in [5.41, 5.74) is 4.83. The fourth-order valence-corrected chi connectivity index (χ4v) is 4.13. The highest BCUT2D eigenvalue weighted by Gasteiger charge is 2.22. The van der Waals surface area contributed by atoms with E-state index in [4.69, 9.17) is 19.0 Å². The Labute approximate surface area is 218 Å². The summed E-state index contributed by atoms with van der Waals surface area (Å²) in [5, 5.41) is 2.03. The van der Waals surface area contributed by atoms with Crippen LogP contribution < -0.4 is 14.2 Å². The molecular formula is C30H46N2O4. The van der Waals surface area contributed by atoms with Crippen LogP contribution in [0.15, 0.2) is 30.3 Å². The first-order chi connectivity index (χ1) is 17.4. The van der Waals surface area contributed by atoms with Gasteiger partial charge in [-0.2, -0.15) is 5.06 Å². The van der Waals surface area contributed by atoms with Crippen molar-refractivity contribution < 1.29 is 19.0 Å². The second kappa shape index (κ2) is 14.5. The molecule has 0 amide bonds. The SMILES string of the molecule is CCCCOc1cc(OCCCC)c(C(C)C)cc1CON1Cc2ccc(OCCN(C)C)cc2C1. The lowest BCUT2D eigenvalue weighted by Gasteiger charge is -2.21. The van der Waals surface area contributed by atoms with Crippen molar-refractivity contribution in [3.8, 4) is 17.2 Å². The van der Waals surface area contributed by atoms with Gasteiger partial charge in [0, 0.05) is 31.3 Å². The summed E-state index contributed by atoms with van der Waals surface area (Å²) < 4.78 is 18.3. The maximum Gasteiger partial charge on any atom is 0.128 e. The maximum absolute atomic E-state index is 6.31. The highest BCUT2D eigenvalue weighted by Crippen LogP contribution is 2.35. The fourth-order valence-electron chi connectivity index (χ4n) is 4.13. The van der Waals surface area contributed by atoms with E-state index in [1.165, 1.54) is 16.7 Å². The number of rotatable bonds is 16. The van der Waals surface area contributed by atoms with Gasteiger partial charge in [0.25, 0.3) is 0 Å². The Morgan fingerprint density at radius 2 is 1.53 bits per heavy atom. The van der Waals surface area contributed by atoms with Crippen molar-refractivity contribution >= 4 is 0 Å². The van der Waals surface area contributed by atoms with Gasteiger partial charge in [-0.15, -0.1) is 0 Å². The quantitative estimate of drug-likeness (QED) is 0.244. The van der Waals surface area contributed by atoms with Crippen molar-refractivity contribution in [2.24, 2.45) is 0 Å². The van der Waals surface area contributed by atoms with Crippen LogP contribution in [0.5, 0.6) is 17.2 Å². The average molecular weight is 499 g/mol. The second-order valence-corrected chi connectivity index (χ2v) is 10.2. The molecule has 6 nitrogen and oxygen atoms in total. The molecule has 0 aliphatic carbocycles. The first-order valence-electron chi connectivity index (χ1n) is 13.6. The van der Waals surface area contributed by atoms with E-state index >= 15 is 0 Å². The van der Waals surface area contributed by atoms with Crippen LogP contribution in [0.3, 0.4) is 0 Å². The predicted molar refractivity (Wildman–Crippen MR) is 146 cm³/mol. The van der Waals surface area contributed by atoms with Crippen molar-refractivity contribution in [3.63, 3.8) is 0 Å². The van der Waals surface area contributed by atoms with Crippen LogP contribution in [0.1, 0.15) is 81.5 Å². The normalized spacial score (nSPS) is 13.4. The molecule has 0 bridgehead atoms. The molecule has 6 heteroatoms. The van der Waals surface area contributed by atoms with Gasteiger partial charge >= 0.3 is 0 Å². The van der Waals surface area contributed by atoms with Gasteiger partial charge in [-0.1, -0.05) is 46.6 Å². The van der Waals surface area contributed by atoms with Crippen molar-refractivity contribution in [2.75, 3.05) is 40.5 Å². The van der Waals surface area contributed by atoms with Crippen molar-refractivity contribution in [1.82, 2.24) is 9.96 Å². The van der Waals surface area contributed by atoms with Gasteiger partial charge in [-0.25, -0.2) is 0 Å². The molecular weight excluding hydrogens is 452 g/mol. The summed E-state index contributed by atoms with van der Waals surface area (Å²) in [6.07, 6.45) is 4.29. The summed E-state index contributed by atoms with van der Waals surface area (Å²) in [6, 6.07) is 10.7. The summed E-state index contributed by atoms with van der Waals surface area (Å²) in [7, 11) is 4.11. The summed E-state index contributed by atoms with van der Waals surface area (Å²) in [5.74, 6) is 3.08. The van der Waals surface area contributed by atoms with Crippen LogP contribution in [0.4, 0.5) is 0 Å². The van der Waals surface area contributed by atoms with Crippen molar-refractivity contribution in [1.29, 1.82) is 0 Å². The molecule has 1 aliphatic heterocycles. The first kappa shape index (κ1) is 28.3. The Morgan fingerprint density at radius 3 is 2.19 bits per heavy atom. The molecule has 1 heterocycles. The van der Waals surface area contributed by atoms with E-state index in [1.54, 1.807) is 0 Å². The van der Waals surface area contributed by atoms with Crippen LogP contribution in [0.25, 0.3) is 0 Å². The fraction of sp³-hybridized carbons (Fsp3) is 0.600. The predicted octanol–water partition coefficient (Wildman–Crippen LogP) is 6.56. The molecule has 0 saturated carbocycles. The highest BCUT2D eigenvalue weighted by molar-refractivity contribution is 5.48. The molecule has 36 heavy (non-hydrogen) atoms. The van der Waals surface area contributed by atoms with Crippen molar-refractivity contribution in [3.05, 3.63) is 52.6 Å². The summed E-state index contributed by atoms with van der Waals surface area (Å²) in [4.78, 5) is 8.43. The monoisotopic (exact) mass is 498 g/mol. The molecule has 3 rings (SSSR count). The number of ether oxygens (including phenoxy) is 3. The van der Waals surface area contributed by atoms with Gasteiger partial charge in [0.05, 0.1) is 19.8 Å². The van der Waals surface area contributed by atoms with Gasteiger partial charge in [0.1, 0.15) is 23.9 Å². The molecule has 0 fully saturated rings. The van der Waals surface area contributed by atoms with Gasteiger partial charge in [0.2, 0.25) is 0 Å². The van der Waals surface area contributed by atoms with E-state index in [9.17, 15) is 0 Å². The zero-order valence-corrected chi connectivity index (χ0v) is 23.3. The van der Waals surface area contributed by atoms with Gasteiger partial charge < -0.3 is 19.1 Å². The van der Waals surface area contributed by atoms with Gasteiger partial charge in [0.15, 0.2) is 0 Å². The Morgan fingerprint density at radius 1 is 0.833 bits per heavy atom. The number of hydroxylamine groups is 2. The molecule has 0 spiro atoms. The molecule has 0 N–H and O–H groups in total. The lowest BCUT2D eigenvalue weighted by molar-refractivity contribution is -0.176. The van der Waals surface area contributed by atoms with Gasteiger partial charge in [-0.05, 0) is 67.7 Å². The topological polar surface area (TPSA) is 43.4 Å². The molecule has 0 aromatic heterocycles. The molecule has 2 aromatic rings. The number of unbranched alkanes of at least 4 members (excludes halogenated alkanes) is 2. The number of nitrogens with zero attached hydrogens (tertiary/aromatic N) is 2. The highest BCUT2D eigenvalue weighted by atomic mass is 16.7. The lowest BCUT2D eigenvalue weighted by Crippen LogP contribution is -2.19. The van der Waals surface area contributed by atoms with Crippen LogP contribution in [0, 0.1) is 0 Å². The van der Waals surface area contributed by atoms with E-state index in [0.29, 0.717) is 25.7 Å². The molecule has 200 valence electrons. The third-order valence-corrected chi connectivity index (χ3v) is 6.41. The van der Waals surface area contributed by atoms with Crippen LogP contribution >= 0.6 is 0 Å². The second-order valence-electron chi connectivity index (χ2n) is 10.2. The third-order valence-electron chi connectivity index (χ3n) is 6.41. The summed E-state index contributed by atoms with van der Waals surface area (Å²) >= 11 is 0. The van der Waals surface area contributed by atoms with Crippen molar-refractivity contribution in [2.45, 2.75) is 79.0 Å². The zero-order valence-electron chi connectivity index (χ0n) is 23.3. The average Bonchev–Trinajstić information content (AvgIpc) is 3.25. The molecule has 0 radical (unpaired) electrons. The van der Waals surface area contributed by atoms with E-state index in [2.05, 4.69) is 77.0 Å². The standard InChI is InChI=1S/C30H46N2O4/c1-7-9-14-34-29-19-30(35-15-10-8-2)28(23(3)4)18-26(29)22-36-32-20-24-11-12-27(17-25(24)21-32)33-16-13-31(5)6/h11-12,17-19,23H,7-10,13-16,20-22H2,1-6H3. The minimum absolute atomic E-state index is 0.354. The Kier molecular flexibility index (Phi) is 11.4. The van der Waals surface area contributed by atoms with E-state index in [-0.39, 0.29) is 0 Å².